The molecule has 24 heteroatoms. The lowest BCUT2D eigenvalue weighted by molar-refractivity contribution is -0.141. The smallest absolute Gasteiger partial charge is 0.333 e. The highest BCUT2D eigenvalue weighted by molar-refractivity contribution is 7.88. The van der Waals surface area contributed by atoms with E-state index in [9.17, 15) is 56.4 Å². The summed E-state index contributed by atoms with van der Waals surface area (Å²) in [5, 5.41) is 0. The summed E-state index contributed by atoms with van der Waals surface area (Å²) in [5.41, 5.74) is 0.366. The number of amides is 5. The van der Waals surface area contributed by atoms with Crippen LogP contribution in [0.1, 0.15) is 61.3 Å². The predicted octanol–water partition coefficient (Wildman–Crippen LogP) is 1.79. The van der Waals surface area contributed by atoms with Crippen molar-refractivity contribution in [2.75, 3.05) is 120 Å². The van der Waals surface area contributed by atoms with Crippen LogP contribution < -0.4 is 0 Å². The number of likely N-dealkylation sites (N-methyl/N-ethyl adjacent to an activating group) is 4. The first-order valence-corrected chi connectivity index (χ1v) is 23.9. The zero-order valence-electron chi connectivity index (χ0n) is 44.0. The Morgan fingerprint density at radius 1 is 0.451 bits per heavy atom. The minimum Gasteiger partial charge on any atom is -0.461 e. The first kappa shape index (κ1) is 73.3. The third kappa shape index (κ3) is 46.8. The largest absolute Gasteiger partial charge is 0.461 e. The van der Waals surface area contributed by atoms with Crippen molar-refractivity contribution in [1.82, 2.24) is 28.8 Å². The second-order valence-electron chi connectivity index (χ2n) is 14.5. The SMILES string of the molecule is C=C(C)C(=O)OCCN(C)C(C)=O.C=CC(=O)OCCN(C)C(=O)CC.C=CC(=O)OCCN(C)C(C)=O.C=CC(=O)OCCN(CCC)C(C)=O.C=CC(=O)OCCN(CCN(C)S(C)(=O)=O)C(C)=O. The van der Waals surface area contributed by atoms with E-state index < -0.39 is 39.9 Å². The number of hydrogen-bond acceptors (Lipinski definition) is 17. The van der Waals surface area contributed by atoms with Crippen LogP contribution >= 0.6 is 0 Å². The van der Waals surface area contributed by atoms with Gasteiger partial charge in [-0.2, -0.15) is 0 Å². The molecule has 0 aliphatic rings. The summed E-state index contributed by atoms with van der Waals surface area (Å²) in [6.45, 7) is 31.5. The average molecular weight is 1030 g/mol. The zero-order chi connectivity index (χ0) is 56.3. The van der Waals surface area contributed by atoms with Crippen LogP contribution in [0.25, 0.3) is 0 Å². The fourth-order valence-corrected chi connectivity index (χ4v) is 4.39. The van der Waals surface area contributed by atoms with Gasteiger partial charge in [0, 0.05) is 112 Å². The van der Waals surface area contributed by atoms with Gasteiger partial charge < -0.3 is 48.2 Å². The van der Waals surface area contributed by atoms with E-state index in [1.54, 1.807) is 39.9 Å². The van der Waals surface area contributed by atoms with Crippen LogP contribution in [-0.4, -0.2) is 216 Å². The molecule has 0 radical (unpaired) electrons. The molecule has 0 unspecified atom stereocenters. The summed E-state index contributed by atoms with van der Waals surface area (Å²) in [6, 6.07) is 0. The maximum atomic E-state index is 11.3. The molecular formula is C47H80N6O17S. The molecule has 0 N–H and O–H groups in total. The quantitative estimate of drug-likeness (QED) is 0.0645. The van der Waals surface area contributed by atoms with Crippen molar-refractivity contribution in [3.05, 3.63) is 62.8 Å². The maximum Gasteiger partial charge on any atom is 0.333 e. The zero-order valence-corrected chi connectivity index (χ0v) is 44.8. The first-order chi connectivity index (χ1) is 32.9. The van der Waals surface area contributed by atoms with Gasteiger partial charge in [0.1, 0.15) is 33.0 Å². The van der Waals surface area contributed by atoms with Crippen molar-refractivity contribution in [3.8, 4) is 0 Å². The van der Waals surface area contributed by atoms with Crippen molar-refractivity contribution < 1.29 is 80.0 Å². The Labute approximate surface area is 421 Å². The van der Waals surface area contributed by atoms with Gasteiger partial charge in [-0.05, 0) is 13.3 Å². The highest BCUT2D eigenvalue weighted by Crippen LogP contribution is 1.98. The van der Waals surface area contributed by atoms with Crippen LogP contribution in [0, 0.1) is 0 Å². The monoisotopic (exact) mass is 1030 g/mol. The summed E-state index contributed by atoms with van der Waals surface area (Å²) in [7, 11) is 3.14. The Bertz CT molecular complexity index is 1860. The second kappa shape index (κ2) is 44.5. The Kier molecular flexibility index (Phi) is 45.9. The molecule has 0 saturated heterocycles. The molecule has 0 heterocycles. The number of carbonyl (C=O) groups excluding carboxylic acids is 10. The molecule has 0 saturated carbocycles. The van der Waals surface area contributed by atoms with E-state index in [0.29, 0.717) is 44.7 Å². The molecule has 0 spiro atoms. The van der Waals surface area contributed by atoms with Crippen LogP contribution in [0.15, 0.2) is 62.8 Å². The van der Waals surface area contributed by atoms with Gasteiger partial charge in [-0.25, -0.2) is 36.7 Å². The third-order valence-corrected chi connectivity index (χ3v) is 9.98. The van der Waals surface area contributed by atoms with E-state index >= 15 is 0 Å². The average Bonchev–Trinajstić information content (AvgIpc) is 3.31. The Morgan fingerprint density at radius 3 is 1.03 bits per heavy atom. The van der Waals surface area contributed by atoms with Crippen LogP contribution in [0.2, 0.25) is 0 Å². The Morgan fingerprint density at radius 2 is 0.761 bits per heavy atom. The van der Waals surface area contributed by atoms with Gasteiger partial charge in [0.15, 0.2) is 0 Å². The Balaban J connectivity index is -0.000000258. The maximum absolute atomic E-state index is 11.3. The second-order valence-corrected chi connectivity index (χ2v) is 16.6. The van der Waals surface area contributed by atoms with Crippen molar-refractivity contribution >= 4 is 69.4 Å². The molecule has 0 rings (SSSR count). The molecular weight excluding hydrogens is 953 g/mol. The van der Waals surface area contributed by atoms with Gasteiger partial charge >= 0.3 is 29.8 Å². The lowest BCUT2D eigenvalue weighted by Crippen LogP contribution is -2.39. The third-order valence-electron chi connectivity index (χ3n) is 8.67. The first-order valence-electron chi connectivity index (χ1n) is 22.0. The fraction of sp³-hybridized carbons (Fsp3) is 0.574. The summed E-state index contributed by atoms with van der Waals surface area (Å²) in [4.78, 5) is 116. The number of nitrogens with zero attached hydrogens (tertiary/aromatic N) is 6. The van der Waals surface area contributed by atoms with E-state index in [4.69, 9.17) is 18.9 Å². The topological polar surface area (TPSA) is 270 Å². The normalized spacial score (nSPS) is 9.65. The van der Waals surface area contributed by atoms with Crippen LogP contribution in [0.4, 0.5) is 0 Å². The van der Waals surface area contributed by atoms with Gasteiger partial charge in [-0.15, -0.1) is 0 Å². The van der Waals surface area contributed by atoms with Crippen LogP contribution in [0.3, 0.4) is 0 Å². The van der Waals surface area contributed by atoms with Crippen molar-refractivity contribution in [3.63, 3.8) is 0 Å². The van der Waals surface area contributed by atoms with Crippen LogP contribution in [-0.2, 0) is 81.7 Å². The molecule has 0 aromatic heterocycles. The summed E-state index contributed by atoms with van der Waals surface area (Å²) < 4.78 is 47.2. The molecule has 0 aromatic rings. The van der Waals surface area contributed by atoms with E-state index in [2.05, 4.69) is 37.6 Å². The van der Waals surface area contributed by atoms with Gasteiger partial charge in [0.25, 0.3) is 0 Å². The lowest BCUT2D eigenvalue weighted by atomic mass is 10.4. The van der Waals surface area contributed by atoms with Crippen molar-refractivity contribution in [1.29, 1.82) is 0 Å². The van der Waals surface area contributed by atoms with Gasteiger partial charge in [0.05, 0.1) is 39.0 Å². The minimum atomic E-state index is -3.27. The van der Waals surface area contributed by atoms with E-state index in [0.717, 1.165) is 41.3 Å². The molecule has 0 aromatic carbocycles. The van der Waals surface area contributed by atoms with Gasteiger partial charge in [-0.1, -0.05) is 46.7 Å². The van der Waals surface area contributed by atoms with Gasteiger partial charge in [0.2, 0.25) is 39.6 Å². The number of rotatable bonds is 27. The Hall–Kier alpha value is -6.69. The standard InChI is InChI=1S/C11H20N2O5S.C10H17NO3.2C9H15NO3.C8H13NO3/c1-5-11(15)18-9-8-13(10(2)14)7-6-12(3)19(4,16)17;1-4-6-11(9(3)12)7-8-14-10(13)5-2;1-7(2)9(12)13-6-5-10(4)8(3)11;1-4-8(11)10(3)6-7-13-9(12)5-2;1-4-8(11)12-6-5-9(3)7(2)10/h5H,1,6-9H2,2-4H3;5H,2,4,6-8H2,1,3H3;1,5-6H2,2-4H3;5H,2,4,6-7H2,1,3H3;4H,1,5-6H2,2-3H3. The van der Waals surface area contributed by atoms with E-state index in [1.165, 1.54) is 54.3 Å². The van der Waals surface area contributed by atoms with Crippen molar-refractivity contribution in [2.45, 2.75) is 61.3 Å². The number of esters is 5. The molecule has 5 amide bonds. The number of carbonyl (C=O) groups is 10. The van der Waals surface area contributed by atoms with Crippen LogP contribution in [0.5, 0.6) is 0 Å². The molecule has 406 valence electrons. The molecule has 0 aliphatic heterocycles. The highest BCUT2D eigenvalue weighted by Gasteiger charge is 2.15. The number of sulfonamides is 1. The summed E-state index contributed by atoms with van der Waals surface area (Å²) >= 11 is 0. The predicted molar refractivity (Wildman–Crippen MR) is 267 cm³/mol. The molecule has 71 heavy (non-hydrogen) atoms. The molecule has 0 aliphatic carbocycles. The van der Waals surface area contributed by atoms with Gasteiger partial charge in [-0.3, -0.25) is 24.0 Å². The van der Waals surface area contributed by atoms with E-state index in [-0.39, 0.29) is 82.2 Å². The fourth-order valence-electron chi connectivity index (χ4n) is 3.97. The molecule has 0 fully saturated rings. The number of hydrogen-bond donors (Lipinski definition) is 0. The van der Waals surface area contributed by atoms with E-state index in [1.807, 2.05) is 6.92 Å². The molecule has 0 atom stereocenters. The molecule has 0 bridgehead atoms. The highest BCUT2D eigenvalue weighted by atomic mass is 32.2. The lowest BCUT2D eigenvalue weighted by Gasteiger charge is -2.23. The molecule has 23 nitrogen and oxygen atoms in total. The summed E-state index contributed by atoms with van der Waals surface area (Å²) in [6.07, 6.45) is 6.79. The minimum absolute atomic E-state index is 0.00139. The summed E-state index contributed by atoms with van der Waals surface area (Å²) in [5.74, 6) is -2.63. The number of ether oxygens (including phenoxy) is 5. The van der Waals surface area contributed by atoms with Crippen molar-refractivity contribution in [2.24, 2.45) is 0 Å².